The summed E-state index contributed by atoms with van der Waals surface area (Å²) in [4.78, 5) is 52.6. The normalized spacial score (nSPS) is 26.1. The molecule has 1 aromatic heterocycles. The minimum atomic E-state index is -2.87. The number of ether oxygens (including phenoxy) is 2. The quantitative estimate of drug-likeness (QED) is 0.144. The Morgan fingerprint density at radius 1 is 1.27 bits per heavy atom. The van der Waals surface area contributed by atoms with Gasteiger partial charge in [-0.2, -0.15) is 0 Å². The van der Waals surface area contributed by atoms with Crippen molar-refractivity contribution >= 4 is 37.5 Å². The molecule has 0 unspecified atom stereocenters. The van der Waals surface area contributed by atoms with E-state index in [2.05, 4.69) is 20.9 Å². The number of carbonyl (C=O) groups excluding carboxylic acids is 3. The standard InChI is InChI=1S/C31H46N6O7Si/c1-20-28(45(3,4)42)26(12-16-36-19-22(13-17-38)34-35-36)44-31(20)23-18-21(33-29(40)24-8-7-14-32-24)10-11-25(23)37(30(31)41)15-6-5-9-27(39)43-2/h10-11,18-20,24,26,28,32,38,42H,5-9,12-17H2,1-4H3,(H,33,40)/t20-,24-,26+,28-,31+/m1/s1. The highest BCUT2D eigenvalue weighted by atomic mass is 28.4. The Bertz CT molecular complexity index is 1390. The molecule has 0 radical (unpaired) electrons. The van der Waals surface area contributed by atoms with E-state index in [0.29, 0.717) is 61.4 Å². The fourth-order valence-corrected chi connectivity index (χ4v) is 9.97. The number of hydrogen-bond acceptors (Lipinski definition) is 10. The van der Waals surface area contributed by atoms with Crippen molar-refractivity contribution in [2.75, 3.05) is 37.0 Å². The first kappa shape index (κ1) is 33.2. The van der Waals surface area contributed by atoms with Crippen LogP contribution < -0.4 is 15.5 Å². The molecule has 4 heterocycles. The largest absolute Gasteiger partial charge is 0.469 e. The van der Waals surface area contributed by atoms with Crippen molar-refractivity contribution in [1.29, 1.82) is 0 Å². The SMILES string of the molecule is COC(=O)CCCCN1C(=O)[C@@]2(O[C@@H](CCn3cc(CCO)nn3)[C@H]([Si](C)(C)O)[C@H]2C)c2cc(NC(=O)[C@H]3CCCN3)ccc21. The van der Waals surface area contributed by atoms with E-state index >= 15 is 0 Å². The van der Waals surface area contributed by atoms with Gasteiger partial charge in [-0.1, -0.05) is 12.1 Å². The highest BCUT2D eigenvalue weighted by Gasteiger charge is 2.66. The van der Waals surface area contributed by atoms with Crippen molar-refractivity contribution in [3.05, 3.63) is 35.7 Å². The summed E-state index contributed by atoms with van der Waals surface area (Å²) < 4.78 is 13.4. The summed E-state index contributed by atoms with van der Waals surface area (Å²) in [5, 5.41) is 23.8. The molecule has 0 aliphatic carbocycles. The van der Waals surface area contributed by atoms with Gasteiger partial charge < -0.3 is 34.9 Å². The topological polar surface area (TPSA) is 168 Å². The molecule has 0 bridgehead atoms. The first-order valence-electron chi connectivity index (χ1n) is 16.0. The van der Waals surface area contributed by atoms with E-state index in [1.54, 1.807) is 15.8 Å². The van der Waals surface area contributed by atoms with Gasteiger partial charge in [0.05, 0.1) is 30.6 Å². The minimum Gasteiger partial charge on any atom is -0.469 e. The van der Waals surface area contributed by atoms with Crippen LogP contribution in [0.5, 0.6) is 0 Å². The number of benzene rings is 1. The van der Waals surface area contributed by atoms with Crippen LogP contribution in [0, 0.1) is 5.92 Å². The molecule has 2 amide bonds. The molecule has 5 rings (SSSR count). The van der Waals surface area contributed by atoms with Crippen LogP contribution in [-0.2, 0) is 42.4 Å². The lowest BCUT2D eigenvalue weighted by molar-refractivity contribution is -0.146. The molecule has 2 saturated heterocycles. The van der Waals surface area contributed by atoms with E-state index in [9.17, 15) is 24.3 Å². The van der Waals surface area contributed by atoms with E-state index in [4.69, 9.17) is 9.47 Å². The lowest BCUT2D eigenvalue weighted by Gasteiger charge is -2.32. The zero-order chi connectivity index (χ0) is 32.4. The van der Waals surface area contributed by atoms with E-state index in [1.165, 1.54) is 7.11 Å². The number of methoxy groups -OCH3 is 1. The third-order valence-corrected chi connectivity index (χ3v) is 12.0. The predicted molar refractivity (Wildman–Crippen MR) is 169 cm³/mol. The zero-order valence-corrected chi connectivity index (χ0v) is 27.6. The van der Waals surface area contributed by atoms with Crippen LogP contribution in [-0.4, -0.2) is 89.9 Å². The number of anilines is 2. The van der Waals surface area contributed by atoms with Crippen LogP contribution in [0.25, 0.3) is 0 Å². The van der Waals surface area contributed by atoms with Crippen molar-refractivity contribution in [1.82, 2.24) is 20.3 Å². The van der Waals surface area contributed by atoms with Gasteiger partial charge >= 0.3 is 5.97 Å². The molecule has 246 valence electrons. The predicted octanol–water partition coefficient (Wildman–Crippen LogP) is 2.08. The van der Waals surface area contributed by atoms with Crippen LogP contribution >= 0.6 is 0 Å². The molecule has 2 aromatic rings. The maximum absolute atomic E-state index is 14.6. The first-order chi connectivity index (χ1) is 21.5. The van der Waals surface area contributed by atoms with Crippen LogP contribution in [0.15, 0.2) is 24.4 Å². The van der Waals surface area contributed by atoms with Crippen molar-refractivity contribution < 1.29 is 33.8 Å². The molecule has 5 atom stereocenters. The summed E-state index contributed by atoms with van der Waals surface area (Å²) in [6.07, 6.45) is 5.40. The molecule has 14 heteroatoms. The van der Waals surface area contributed by atoms with E-state index in [0.717, 1.165) is 19.4 Å². The van der Waals surface area contributed by atoms with Gasteiger partial charge in [0.1, 0.15) is 0 Å². The second kappa shape index (κ2) is 13.7. The van der Waals surface area contributed by atoms with E-state index in [1.807, 2.05) is 38.2 Å². The van der Waals surface area contributed by atoms with Crippen molar-refractivity contribution in [3.63, 3.8) is 0 Å². The molecule has 4 N–H and O–H groups in total. The molecule has 3 aliphatic rings. The number of nitrogens with zero attached hydrogens (tertiary/aromatic N) is 4. The number of carbonyl (C=O) groups is 3. The summed E-state index contributed by atoms with van der Waals surface area (Å²) in [6.45, 7) is 7.40. The lowest BCUT2D eigenvalue weighted by Crippen LogP contribution is -2.46. The van der Waals surface area contributed by atoms with Gasteiger partial charge in [0.25, 0.3) is 5.91 Å². The Labute approximate surface area is 264 Å². The van der Waals surface area contributed by atoms with Crippen molar-refractivity contribution in [2.24, 2.45) is 5.92 Å². The van der Waals surface area contributed by atoms with Crippen LogP contribution in [0.3, 0.4) is 0 Å². The summed E-state index contributed by atoms with van der Waals surface area (Å²) in [5.41, 5.74) is 1.05. The number of aliphatic hydroxyl groups is 1. The number of esters is 1. The van der Waals surface area contributed by atoms with Gasteiger partial charge in [0.15, 0.2) is 13.9 Å². The number of nitrogens with one attached hydrogen (secondary N) is 2. The summed E-state index contributed by atoms with van der Waals surface area (Å²) in [7, 11) is -1.51. The van der Waals surface area contributed by atoms with Crippen LogP contribution in [0.4, 0.5) is 11.4 Å². The molecule has 45 heavy (non-hydrogen) atoms. The average molecular weight is 643 g/mol. The van der Waals surface area contributed by atoms with Crippen LogP contribution in [0.2, 0.25) is 18.6 Å². The molecular weight excluding hydrogens is 596 g/mol. The molecule has 1 aromatic carbocycles. The van der Waals surface area contributed by atoms with Crippen LogP contribution in [0.1, 0.15) is 56.7 Å². The molecule has 0 saturated carbocycles. The molecule has 3 aliphatic heterocycles. The summed E-state index contributed by atoms with van der Waals surface area (Å²) in [6, 6.07) is 5.27. The summed E-state index contributed by atoms with van der Waals surface area (Å²) in [5.74, 6) is -0.954. The number of fused-ring (bicyclic) bond motifs is 2. The molecule has 1 spiro atoms. The van der Waals surface area contributed by atoms with Crippen molar-refractivity contribution in [2.45, 2.75) is 94.8 Å². The first-order valence-corrected chi connectivity index (χ1v) is 19.0. The second-order valence-electron chi connectivity index (χ2n) is 13.0. The van der Waals surface area contributed by atoms with E-state index in [-0.39, 0.29) is 48.3 Å². The highest BCUT2D eigenvalue weighted by Crippen LogP contribution is 2.60. The number of unbranched alkanes of at least 4 members (excludes halogenated alkanes) is 1. The minimum absolute atomic E-state index is 0.0167. The van der Waals surface area contributed by atoms with E-state index < -0.39 is 20.0 Å². The van der Waals surface area contributed by atoms with Gasteiger partial charge in [-0.15, -0.1) is 5.10 Å². The van der Waals surface area contributed by atoms with Gasteiger partial charge in [0, 0.05) is 61.4 Å². The zero-order valence-electron chi connectivity index (χ0n) is 26.6. The maximum Gasteiger partial charge on any atom is 0.305 e. The molecular formula is C31H46N6O7Si. The third kappa shape index (κ3) is 6.70. The Balaban J connectivity index is 1.46. The molecule has 13 nitrogen and oxygen atoms in total. The third-order valence-electron chi connectivity index (χ3n) is 9.47. The number of hydrogen-bond donors (Lipinski definition) is 4. The Kier molecular flexibility index (Phi) is 10.1. The van der Waals surface area contributed by atoms with Gasteiger partial charge in [-0.3, -0.25) is 19.1 Å². The number of aryl methyl sites for hydroxylation is 1. The Morgan fingerprint density at radius 3 is 2.76 bits per heavy atom. The smallest absolute Gasteiger partial charge is 0.305 e. The molecule has 2 fully saturated rings. The Hall–Kier alpha value is -3.17. The lowest BCUT2D eigenvalue weighted by atomic mass is 9.82. The fraction of sp³-hybridized carbons (Fsp3) is 0.645. The number of amides is 2. The van der Waals surface area contributed by atoms with Gasteiger partial charge in [0.2, 0.25) is 5.91 Å². The fourth-order valence-electron chi connectivity index (χ4n) is 7.36. The average Bonchev–Trinajstić information content (AvgIpc) is 3.78. The number of aliphatic hydroxyl groups excluding tert-OH is 1. The Morgan fingerprint density at radius 2 is 2.07 bits per heavy atom. The highest BCUT2D eigenvalue weighted by molar-refractivity contribution is 6.71. The number of aromatic nitrogens is 3. The van der Waals surface area contributed by atoms with Crippen molar-refractivity contribution in [3.8, 4) is 0 Å². The maximum atomic E-state index is 14.6. The summed E-state index contributed by atoms with van der Waals surface area (Å²) >= 11 is 0. The van der Waals surface area contributed by atoms with Gasteiger partial charge in [-0.05, 0) is 69.9 Å². The second-order valence-corrected chi connectivity index (χ2v) is 16.9. The monoisotopic (exact) mass is 642 g/mol. The van der Waals surface area contributed by atoms with Gasteiger partial charge in [-0.25, -0.2) is 0 Å². The number of rotatable bonds is 13.